The lowest BCUT2D eigenvalue weighted by atomic mass is 10.0. The van der Waals surface area contributed by atoms with Crippen molar-refractivity contribution < 1.29 is 19.1 Å². The number of hydrogen-bond acceptors (Lipinski definition) is 8. The second-order valence-corrected chi connectivity index (χ2v) is 11.4. The van der Waals surface area contributed by atoms with Crippen LogP contribution in [0.5, 0.6) is 11.5 Å². The van der Waals surface area contributed by atoms with E-state index in [0.29, 0.717) is 61.7 Å². The van der Waals surface area contributed by atoms with Gasteiger partial charge < -0.3 is 14.4 Å². The first kappa shape index (κ1) is 32.2. The Balaban J connectivity index is 1.74. The van der Waals surface area contributed by atoms with Gasteiger partial charge in [-0.15, -0.1) is 0 Å². The van der Waals surface area contributed by atoms with Gasteiger partial charge in [-0.05, 0) is 31.0 Å². The number of piperazine rings is 1. The second-order valence-electron chi connectivity index (χ2n) is 10.7. The molecule has 0 atom stereocenters. The number of carbonyl (C=O) groups excluding carboxylic acids is 2. The zero-order valence-electron chi connectivity index (χ0n) is 24.8. The van der Waals surface area contributed by atoms with Gasteiger partial charge in [0.2, 0.25) is 17.8 Å². The van der Waals surface area contributed by atoms with Crippen LogP contribution in [0.1, 0.15) is 27.2 Å². The van der Waals surface area contributed by atoms with E-state index in [1.54, 1.807) is 27.8 Å². The number of nitrogens with zero attached hydrogens (tertiary/aromatic N) is 5. The Morgan fingerprint density at radius 3 is 2.44 bits per heavy atom. The highest BCUT2D eigenvalue weighted by atomic mass is 35.5. The number of benzene rings is 1. The normalized spacial score (nSPS) is 13.8. The molecule has 2 aromatic heterocycles. The van der Waals surface area contributed by atoms with E-state index in [1.807, 2.05) is 13.8 Å². The largest absolute Gasteiger partial charge is 0.495 e. The van der Waals surface area contributed by atoms with E-state index in [-0.39, 0.29) is 50.4 Å². The fourth-order valence-electron chi connectivity index (χ4n) is 4.87. The molecule has 1 saturated heterocycles. The standard InChI is InChI=1S/C30H36Cl2N6O5/c1-6-24(40)37-12-10-36(11-13-37)8-7-9-38-28-20(16-33-30(35-28)34-19(4)39)14-21(29(38)41)25-26(31)22(42-5)15-23(27(25)32)43-17-18(2)3/h6,14-16,18H,1,7-13,17H2,2-5H3,(H,33,34,35,39). The number of ether oxygens (including phenoxy) is 2. The van der Waals surface area contributed by atoms with E-state index >= 15 is 0 Å². The predicted molar refractivity (Wildman–Crippen MR) is 168 cm³/mol. The number of halogens is 2. The third-order valence-electron chi connectivity index (χ3n) is 7.02. The monoisotopic (exact) mass is 630 g/mol. The third-order valence-corrected chi connectivity index (χ3v) is 7.78. The zero-order chi connectivity index (χ0) is 31.3. The number of pyridine rings is 1. The van der Waals surface area contributed by atoms with Crippen LogP contribution in [0.3, 0.4) is 0 Å². The van der Waals surface area contributed by atoms with Crippen LogP contribution < -0.4 is 20.3 Å². The maximum atomic E-state index is 14.2. The van der Waals surface area contributed by atoms with E-state index in [9.17, 15) is 14.4 Å². The lowest BCUT2D eigenvalue weighted by Gasteiger charge is -2.34. The topological polar surface area (TPSA) is 119 Å². The van der Waals surface area contributed by atoms with E-state index < -0.39 is 0 Å². The summed E-state index contributed by atoms with van der Waals surface area (Å²) in [4.78, 5) is 50.6. The minimum atomic E-state index is -0.367. The van der Waals surface area contributed by atoms with Crippen LogP contribution in [0.4, 0.5) is 5.95 Å². The SMILES string of the molecule is C=CC(=O)N1CCN(CCCn2c(=O)c(-c3c(Cl)c(OC)cc(OCC(C)C)c3Cl)cc3cnc(NC(C)=O)nc32)CC1. The highest BCUT2D eigenvalue weighted by Gasteiger charge is 2.24. The number of fused-ring (bicyclic) bond motifs is 1. The van der Waals surface area contributed by atoms with E-state index in [1.165, 1.54) is 20.1 Å². The summed E-state index contributed by atoms with van der Waals surface area (Å²) in [5.74, 6) is 0.589. The van der Waals surface area contributed by atoms with Crippen molar-refractivity contribution in [2.24, 2.45) is 5.92 Å². The summed E-state index contributed by atoms with van der Waals surface area (Å²) in [5.41, 5.74) is 0.521. The molecule has 2 amide bonds. The van der Waals surface area contributed by atoms with Gasteiger partial charge in [0.1, 0.15) is 17.1 Å². The summed E-state index contributed by atoms with van der Waals surface area (Å²) < 4.78 is 13.0. The van der Waals surface area contributed by atoms with Crippen LogP contribution in [0.25, 0.3) is 22.2 Å². The molecular weight excluding hydrogens is 595 g/mol. The van der Waals surface area contributed by atoms with Gasteiger partial charge in [-0.25, -0.2) is 4.98 Å². The molecule has 0 spiro atoms. The van der Waals surface area contributed by atoms with Gasteiger partial charge in [0.05, 0.1) is 29.3 Å². The van der Waals surface area contributed by atoms with Crippen LogP contribution in [0, 0.1) is 5.92 Å². The number of amides is 2. The predicted octanol–water partition coefficient (Wildman–Crippen LogP) is 4.49. The first-order chi connectivity index (χ1) is 20.5. The van der Waals surface area contributed by atoms with E-state index in [4.69, 9.17) is 32.7 Å². The van der Waals surface area contributed by atoms with Crippen LogP contribution in [-0.4, -0.2) is 82.6 Å². The lowest BCUT2D eigenvalue weighted by Crippen LogP contribution is -2.48. The van der Waals surface area contributed by atoms with E-state index in [2.05, 4.69) is 26.8 Å². The molecule has 0 unspecified atom stereocenters. The van der Waals surface area contributed by atoms with Crippen molar-refractivity contribution in [2.75, 3.05) is 51.8 Å². The van der Waals surface area contributed by atoms with Gasteiger partial charge in [0.25, 0.3) is 5.56 Å². The Bertz CT molecular complexity index is 1580. The smallest absolute Gasteiger partial charge is 0.260 e. The fourth-order valence-corrected chi connectivity index (χ4v) is 5.55. The van der Waals surface area contributed by atoms with Gasteiger partial charge in [-0.3, -0.25) is 29.2 Å². The van der Waals surface area contributed by atoms with E-state index in [0.717, 1.165) is 13.1 Å². The molecule has 0 saturated carbocycles. The maximum Gasteiger partial charge on any atom is 0.260 e. The van der Waals surface area contributed by atoms with Crippen molar-refractivity contribution in [1.82, 2.24) is 24.3 Å². The highest BCUT2D eigenvalue weighted by molar-refractivity contribution is 6.41. The average molecular weight is 632 g/mol. The lowest BCUT2D eigenvalue weighted by molar-refractivity contribution is -0.127. The van der Waals surface area contributed by atoms with Crippen LogP contribution >= 0.6 is 23.2 Å². The van der Waals surface area contributed by atoms with Crippen LogP contribution in [0.15, 0.2) is 35.8 Å². The minimum absolute atomic E-state index is 0.0724. The fraction of sp³-hybridized carbons (Fsp3) is 0.433. The Labute approximate surface area is 260 Å². The number of aromatic nitrogens is 3. The molecule has 230 valence electrons. The molecular formula is C30H36Cl2N6O5. The summed E-state index contributed by atoms with van der Waals surface area (Å²) in [5, 5.41) is 3.50. The summed E-state index contributed by atoms with van der Waals surface area (Å²) in [6.07, 6.45) is 3.49. The molecule has 1 fully saturated rings. The number of rotatable bonds is 11. The van der Waals surface area contributed by atoms with Crippen molar-refractivity contribution in [3.8, 4) is 22.6 Å². The number of nitrogens with one attached hydrogen (secondary N) is 1. The summed E-state index contributed by atoms with van der Waals surface area (Å²) in [6.45, 7) is 13.0. The van der Waals surface area contributed by atoms with Gasteiger partial charge in [0, 0.05) is 62.9 Å². The molecule has 0 aliphatic carbocycles. The van der Waals surface area contributed by atoms with Crippen LogP contribution in [0.2, 0.25) is 10.0 Å². The molecule has 1 aliphatic rings. The quantitative estimate of drug-likeness (QED) is 0.308. The molecule has 1 aromatic carbocycles. The number of anilines is 1. The van der Waals surface area contributed by atoms with Crippen molar-refractivity contribution >= 4 is 52.0 Å². The van der Waals surface area contributed by atoms with Crippen molar-refractivity contribution in [1.29, 1.82) is 0 Å². The Hall–Kier alpha value is -3.67. The van der Waals surface area contributed by atoms with Gasteiger partial charge in [-0.1, -0.05) is 43.6 Å². The Morgan fingerprint density at radius 2 is 1.81 bits per heavy atom. The molecule has 13 heteroatoms. The number of aryl methyl sites for hydroxylation is 1. The zero-order valence-corrected chi connectivity index (χ0v) is 26.3. The van der Waals surface area contributed by atoms with Crippen molar-refractivity contribution in [3.05, 3.63) is 51.4 Å². The number of hydrogen-bond donors (Lipinski definition) is 1. The molecule has 0 bridgehead atoms. The number of methoxy groups -OCH3 is 1. The molecule has 1 aliphatic heterocycles. The Morgan fingerprint density at radius 1 is 1.12 bits per heavy atom. The first-order valence-electron chi connectivity index (χ1n) is 14.0. The first-order valence-corrected chi connectivity index (χ1v) is 14.8. The molecule has 11 nitrogen and oxygen atoms in total. The molecule has 3 heterocycles. The van der Waals surface area contributed by atoms with Crippen LogP contribution in [-0.2, 0) is 16.1 Å². The molecule has 0 radical (unpaired) electrons. The van der Waals surface area contributed by atoms with Crippen molar-refractivity contribution in [3.63, 3.8) is 0 Å². The average Bonchev–Trinajstić information content (AvgIpc) is 2.98. The summed E-state index contributed by atoms with van der Waals surface area (Å²) >= 11 is 13.6. The minimum Gasteiger partial charge on any atom is -0.495 e. The Kier molecular flexibility index (Phi) is 10.6. The highest BCUT2D eigenvalue weighted by Crippen LogP contribution is 2.45. The van der Waals surface area contributed by atoms with Crippen molar-refractivity contribution in [2.45, 2.75) is 33.7 Å². The van der Waals surface area contributed by atoms with Gasteiger partial charge >= 0.3 is 0 Å². The molecule has 3 aromatic rings. The molecule has 43 heavy (non-hydrogen) atoms. The summed E-state index contributed by atoms with van der Waals surface area (Å²) in [6, 6.07) is 3.25. The third kappa shape index (κ3) is 7.46. The van der Waals surface area contributed by atoms with Gasteiger partial charge in [-0.2, -0.15) is 4.98 Å². The number of carbonyl (C=O) groups is 2. The second kappa shape index (κ2) is 14.2. The summed E-state index contributed by atoms with van der Waals surface area (Å²) in [7, 11) is 1.48. The van der Waals surface area contributed by atoms with Gasteiger partial charge in [0.15, 0.2) is 0 Å². The molecule has 1 N–H and O–H groups in total. The maximum absolute atomic E-state index is 14.2. The molecule has 4 rings (SSSR count).